The van der Waals surface area contributed by atoms with Crippen LogP contribution in [0.25, 0.3) is 0 Å². The second kappa shape index (κ2) is 8.81. The summed E-state index contributed by atoms with van der Waals surface area (Å²) < 4.78 is 5.36. The van der Waals surface area contributed by atoms with Gasteiger partial charge in [0.15, 0.2) is 0 Å². The maximum atomic E-state index is 5.70. The zero-order chi connectivity index (χ0) is 17.5. The SMILES string of the molecule is COc1cccc(CN(Cc2ccc(CN)cc2)Cc2ccsc2)c1. The third-order valence-electron chi connectivity index (χ3n) is 4.19. The van der Waals surface area contributed by atoms with Crippen LogP contribution in [0.1, 0.15) is 22.3 Å². The molecule has 0 atom stereocenters. The van der Waals surface area contributed by atoms with Crippen LogP contribution in [-0.2, 0) is 26.2 Å². The maximum Gasteiger partial charge on any atom is 0.119 e. The molecule has 0 bridgehead atoms. The first-order valence-corrected chi connectivity index (χ1v) is 9.35. The van der Waals surface area contributed by atoms with Crippen molar-refractivity contribution < 1.29 is 4.74 Å². The summed E-state index contributed by atoms with van der Waals surface area (Å²) in [5, 5.41) is 4.35. The van der Waals surface area contributed by atoms with Gasteiger partial charge in [-0.15, -0.1) is 0 Å². The van der Waals surface area contributed by atoms with E-state index in [1.807, 2.05) is 12.1 Å². The van der Waals surface area contributed by atoms with Crippen LogP contribution in [0.15, 0.2) is 65.4 Å². The van der Waals surface area contributed by atoms with Gasteiger partial charge >= 0.3 is 0 Å². The predicted octanol–water partition coefficient (Wildman–Crippen LogP) is 4.42. The van der Waals surface area contributed by atoms with E-state index in [4.69, 9.17) is 10.5 Å². The number of ether oxygens (including phenoxy) is 1. The van der Waals surface area contributed by atoms with E-state index in [0.717, 1.165) is 25.4 Å². The molecule has 0 unspecified atom stereocenters. The first-order chi connectivity index (χ1) is 12.3. The number of rotatable bonds is 8. The maximum absolute atomic E-state index is 5.70. The monoisotopic (exact) mass is 352 g/mol. The average molecular weight is 353 g/mol. The van der Waals surface area contributed by atoms with E-state index in [9.17, 15) is 0 Å². The van der Waals surface area contributed by atoms with Crippen LogP contribution in [-0.4, -0.2) is 12.0 Å². The van der Waals surface area contributed by atoms with Crippen LogP contribution in [0, 0.1) is 0 Å². The molecule has 2 N–H and O–H groups in total. The summed E-state index contributed by atoms with van der Waals surface area (Å²) in [5.74, 6) is 0.903. The van der Waals surface area contributed by atoms with Crippen LogP contribution >= 0.6 is 11.3 Å². The van der Waals surface area contributed by atoms with Crippen molar-refractivity contribution in [1.82, 2.24) is 4.90 Å². The Morgan fingerprint density at radius 1 is 0.880 bits per heavy atom. The van der Waals surface area contributed by atoms with Crippen molar-refractivity contribution >= 4 is 11.3 Å². The highest BCUT2D eigenvalue weighted by Crippen LogP contribution is 2.19. The van der Waals surface area contributed by atoms with Gasteiger partial charge in [0.05, 0.1) is 7.11 Å². The molecule has 3 aromatic rings. The minimum atomic E-state index is 0.586. The molecule has 3 rings (SSSR count). The molecular weight excluding hydrogens is 328 g/mol. The summed E-state index contributed by atoms with van der Waals surface area (Å²) in [4.78, 5) is 2.45. The fourth-order valence-corrected chi connectivity index (χ4v) is 3.54. The molecule has 0 fully saturated rings. The standard InChI is InChI=1S/C21H24N2OS/c1-24-21-4-2-3-19(11-21)14-23(15-20-9-10-25-16-20)13-18-7-5-17(12-22)6-8-18/h2-11,16H,12-15,22H2,1H3. The summed E-state index contributed by atoms with van der Waals surface area (Å²) in [7, 11) is 1.71. The molecule has 1 aromatic heterocycles. The highest BCUT2D eigenvalue weighted by molar-refractivity contribution is 7.07. The molecular formula is C21H24N2OS. The van der Waals surface area contributed by atoms with Gasteiger partial charge in [0.2, 0.25) is 0 Å². The molecule has 1 heterocycles. The largest absolute Gasteiger partial charge is 0.497 e. The van der Waals surface area contributed by atoms with Gasteiger partial charge in [-0.2, -0.15) is 11.3 Å². The van der Waals surface area contributed by atoms with Crippen LogP contribution in [0.5, 0.6) is 5.75 Å². The van der Waals surface area contributed by atoms with E-state index in [1.165, 1.54) is 22.3 Å². The molecule has 130 valence electrons. The van der Waals surface area contributed by atoms with E-state index in [2.05, 4.69) is 58.1 Å². The molecule has 0 saturated carbocycles. The molecule has 0 radical (unpaired) electrons. The Hall–Kier alpha value is -2.14. The van der Waals surface area contributed by atoms with Gasteiger partial charge in [0.25, 0.3) is 0 Å². The lowest BCUT2D eigenvalue weighted by atomic mass is 10.1. The van der Waals surface area contributed by atoms with Gasteiger partial charge in [-0.1, -0.05) is 36.4 Å². The van der Waals surface area contributed by atoms with Gasteiger partial charge < -0.3 is 10.5 Å². The third-order valence-corrected chi connectivity index (χ3v) is 4.92. The van der Waals surface area contributed by atoms with Crippen LogP contribution in [0.2, 0.25) is 0 Å². The Kier molecular flexibility index (Phi) is 6.23. The minimum Gasteiger partial charge on any atom is -0.497 e. The number of hydrogen-bond donors (Lipinski definition) is 1. The number of nitrogens with zero attached hydrogens (tertiary/aromatic N) is 1. The number of methoxy groups -OCH3 is 1. The summed E-state index contributed by atoms with van der Waals surface area (Å²) >= 11 is 1.74. The topological polar surface area (TPSA) is 38.5 Å². The summed E-state index contributed by atoms with van der Waals surface area (Å²) in [6, 6.07) is 19.1. The average Bonchev–Trinajstić information content (AvgIpc) is 3.15. The molecule has 3 nitrogen and oxygen atoms in total. The van der Waals surface area contributed by atoms with Crippen molar-refractivity contribution in [1.29, 1.82) is 0 Å². The lowest BCUT2D eigenvalue weighted by molar-refractivity contribution is 0.247. The fraction of sp³-hybridized carbons (Fsp3) is 0.238. The van der Waals surface area contributed by atoms with E-state index in [1.54, 1.807) is 18.4 Å². The smallest absolute Gasteiger partial charge is 0.119 e. The molecule has 0 spiro atoms. The normalized spacial score (nSPS) is 11.0. The molecule has 0 amide bonds. The highest BCUT2D eigenvalue weighted by Gasteiger charge is 2.10. The van der Waals surface area contributed by atoms with Crippen LogP contribution < -0.4 is 10.5 Å². The summed E-state index contributed by atoms with van der Waals surface area (Å²) in [6.45, 7) is 3.30. The van der Waals surface area contributed by atoms with Crippen molar-refractivity contribution in [3.63, 3.8) is 0 Å². The number of benzene rings is 2. The Bertz CT molecular complexity index is 769. The van der Waals surface area contributed by atoms with E-state index < -0.39 is 0 Å². The quantitative estimate of drug-likeness (QED) is 0.652. The zero-order valence-electron chi connectivity index (χ0n) is 14.5. The molecule has 2 aromatic carbocycles. The van der Waals surface area contributed by atoms with Crippen molar-refractivity contribution in [3.8, 4) is 5.75 Å². The lowest BCUT2D eigenvalue weighted by Gasteiger charge is -2.22. The van der Waals surface area contributed by atoms with Crippen molar-refractivity contribution in [3.05, 3.63) is 87.6 Å². The fourth-order valence-electron chi connectivity index (χ4n) is 2.88. The van der Waals surface area contributed by atoms with Gasteiger partial charge in [-0.3, -0.25) is 4.90 Å². The number of hydrogen-bond acceptors (Lipinski definition) is 4. The Labute approximate surface area is 153 Å². The first kappa shape index (κ1) is 17.7. The Morgan fingerprint density at radius 3 is 2.28 bits per heavy atom. The zero-order valence-corrected chi connectivity index (χ0v) is 15.3. The van der Waals surface area contributed by atoms with Gasteiger partial charge in [-0.25, -0.2) is 0 Å². The van der Waals surface area contributed by atoms with Gasteiger partial charge in [0, 0.05) is 26.2 Å². The lowest BCUT2D eigenvalue weighted by Crippen LogP contribution is -2.22. The van der Waals surface area contributed by atoms with Crippen LogP contribution in [0.3, 0.4) is 0 Å². The van der Waals surface area contributed by atoms with Gasteiger partial charge in [0.1, 0.15) is 5.75 Å². The molecule has 0 aliphatic rings. The summed E-state index contributed by atoms with van der Waals surface area (Å²) in [5.41, 5.74) is 10.8. The van der Waals surface area contributed by atoms with Gasteiger partial charge in [-0.05, 0) is 51.2 Å². The Morgan fingerprint density at radius 2 is 1.60 bits per heavy atom. The summed E-state index contributed by atoms with van der Waals surface area (Å²) in [6.07, 6.45) is 0. The molecule has 4 heteroatoms. The molecule has 0 aliphatic heterocycles. The Balaban J connectivity index is 1.75. The van der Waals surface area contributed by atoms with E-state index in [0.29, 0.717) is 6.54 Å². The highest BCUT2D eigenvalue weighted by atomic mass is 32.1. The van der Waals surface area contributed by atoms with Crippen molar-refractivity contribution in [2.24, 2.45) is 5.73 Å². The third kappa shape index (κ3) is 5.16. The van der Waals surface area contributed by atoms with Crippen molar-refractivity contribution in [2.75, 3.05) is 7.11 Å². The minimum absolute atomic E-state index is 0.586. The van der Waals surface area contributed by atoms with Crippen molar-refractivity contribution in [2.45, 2.75) is 26.2 Å². The van der Waals surface area contributed by atoms with E-state index >= 15 is 0 Å². The van der Waals surface area contributed by atoms with Crippen LogP contribution in [0.4, 0.5) is 0 Å². The molecule has 25 heavy (non-hydrogen) atoms. The first-order valence-electron chi connectivity index (χ1n) is 8.41. The number of nitrogens with two attached hydrogens (primary N) is 1. The number of thiophene rings is 1. The molecule has 0 aliphatic carbocycles. The predicted molar refractivity (Wildman–Crippen MR) is 105 cm³/mol. The van der Waals surface area contributed by atoms with E-state index in [-0.39, 0.29) is 0 Å². The second-order valence-electron chi connectivity index (χ2n) is 6.15. The molecule has 0 saturated heterocycles. The second-order valence-corrected chi connectivity index (χ2v) is 6.93.